The summed E-state index contributed by atoms with van der Waals surface area (Å²) in [5.41, 5.74) is 2.24. The predicted molar refractivity (Wildman–Crippen MR) is 101 cm³/mol. The van der Waals surface area contributed by atoms with E-state index >= 15 is 0 Å². The number of nitrogens with zero attached hydrogens (tertiary/aromatic N) is 2. The van der Waals surface area contributed by atoms with E-state index in [-0.39, 0.29) is 11.8 Å². The molecule has 0 atom stereocenters. The average molecular weight is 358 g/mol. The van der Waals surface area contributed by atoms with Crippen molar-refractivity contribution in [3.8, 4) is 0 Å². The van der Waals surface area contributed by atoms with Gasteiger partial charge in [0.1, 0.15) is 0 Å². The minimum Gasteiger partial charge on any atom is -0.320 e. The Hall–Kier alpha value is -2.37. The number of fused-ring (bicyclic) bond motifs is 2. The van der Waals surface area contributed by atoms with Crippen LogP contribution in [0.2, 0.25) is 5.02 Å². The van der Waals surface area contributed by atoms with E-state index in [0.717, 1.165) is 13.0 Å². The van der Waals surface area contributed by atoms with E-state index in [2.05, 4.69) is 5.32 Å². The second-order valence-corrected chi connectivity index (χ2v) is 6.71. The van der Waals surface area contributed by atoms with Crippen molar-refractivity contribution in [2.24, 2.45) is 0 Å². The summed E-state index contributed by atoms with van der Waals surface area (Å²) in [5, 5.41) is 3.36. The van der Waals surface area contributed by atoms with Crippen LogP contribution >= 0.6 is 11.6 Å². The summed E-state index contributed by atoms with van der Waals surface area (Å²) in [6, 6.07) is 12.3. The number of para-hydroxylation sites is 1. The van der Waals surface area contributed by atoms with E-state index in [0.29, 0.717) is 34.1 Å². The first-order valence-electron chi connectivity index (χ1n) is 8.15. The molecule has 2 amide bonds. The minimum atomic E-state index is -0.247. The van der Waals surface area contributed by atoms with Gasteiger partial charge in [-0.1, -0.05) is 23.7 Å². The van der Waals surface area contributed by atoms with Crippen LogP contribution in [0.5, 0.6) is 0 Å². The molecule has 1 heterocycles. The van der Waals surface area contributed by atoms with Crippen LogP contribution in [0.15, 0.2) is 42.5 Å². The molecule has 0 aliphatic carbocycles. The maximum Gasteiger partial charge on any atom is 0.257 e. The fourth-order valence-corrected chi connectivity index (χ4v) is 3.08. The van der Waals surface area contributed by atoms with E-state index in [1.165, 1.54) is 0 Å². The zero-order chi connectivity index (χ0) is 18.0. The van der Waals surface area contributed by atoms with Crippen molar-refractivity contribution in [2.75, 3.05) is 30.9 Å². The van der Waals surface area contributed by atoms with Gasteiger partial charge in [-0.05, 0) is 57.4 Å². The van der Waals surface area contributed by atoms with Crippen LogP contribution in [0.25, 0.3) is 0 Å². The number of nitrogens with one attached hydrogen (secondary N) is 1. The number of anilines is 3. The van der Waals surface area contributed by atoms with Crippen molar-refractivity contribution in [3.05, 3.63) is 53.1 Å². The topological polar surface area (TPSA) is 52.7 Å². The van der Waals surface area contributed by atoms with Crippen molar-refractivity contribution >= 4 is 40.5 Å². The van der Waals surface area contributed by atoms with Gasteiger partial charge in [0, 0.05) is 11.4 Å². The third-order valence-corrected chi connectivity index (χ3v) is 4.32. The molecule has 0 saturated carbocycles. The Morgan fingerprint density at radius 1 is 1.16 bits per heavy atom. The molecule has 1 aliphatic rings. The fourth-order valence-electron chi connectivity index (χ4n) is 2.91. The second-order valence-electron chi connectivity index (χ2n) is 6.27. The highest BCUT2D eigenvalue weighted by Gasteiger charge is 2.28. The molecule has 0 aromatic heterocycles. The van der Waals surface area contributed by atoms with E-state index in [1.54, 1.807) is 41.3 Å². The molecule has 2 aromatic carbocycles. The van der Waals surface area contributed by atoms with E-state index in [1.807, 2.05) is 25.1 Å². The molecule has 5 nitrogen and oxygen atoms in total. The highest BCUT2D eigenvalue weighted by Crippen LogP contribution is 2.39. The maximum atomic E-state index is 13.0. The number of hydrogen-bond acceptors (Lipinski definition) is 3. The highest BCUT2D eigenvalue weighted by atomic mass is 35.5. The third-order valence-electron chi connectivity index (χ3n) is 4.08. The standard InChI is InChI=1S/C19H20ClN3O2/c1-22(2)11-5-8-18(24)23-16-7-4-3-6-14(16)19(25)21-15-12-13(20)9-10-17(15)23/h3-4,6-7,9-10,12H,5,8,11H2,1-2H3,(H,21,25). The Bertz CT molecular complexity index is 820. The first kappa shape index (κ1) is 17.5. The number of rotatable bonds is 4. The molecule has 0 bridgehead atoms. The average Bonchev–Trinajstić information content (AvgIpc) is 2.68. The molecule has 130 valence electrons. The molecule has 2 aromatic rings. The van der Waals surface area contributed by atoms with Crippen LogP contribution in [0.4, 0.5) is 17.1 Å². The van der Waals surface area contributed by atoms with Gasteiger partial charge in [0.25, 0.3) is 5.91 Å². The van der Waals surface area contributed by atoms with Crippen LogP contribution < -0.4 is 10.2 Å². The van der Waals surface area contributed by atoms with Crippen molar-refractivity contribution in [1.29, 1.82) is 0 Å². The summed E-state index contributed by atoms with van der Waals surface area (Å²) in [6.45, 7) is 0.825. The number of benzene rings is 2. The SMILES string of the molecule is CN(C)CCCC(=O)N1c2ccc(Cl)cc2NC(=O)c2ccccc21. The number of carbonyl (C=O) groups is 2. The molecule has 1 N–H and O–H groups in total. The van der Waals surface area contributed by atoms with Crippen molar-refractivity contribution in [2.45, 2.75) is 12.8 Å². The summed E-state index contributed by atoms with van der Waals surface area (Å²) in [4.78, 5) is 29.2. The van der Waals surface area contributed by atoms with E-state index in [9.17, 15) is 9.59 Å². The normalized spacial score (nSPS) is 13.1. The molecule has 0 saturated heterocycles. The number of carbonyl (C=O) groups excluding carboxylic acids is 2. The van der Waals surface area contributed by atoms with Gasteiger partial charge in [-0.3, -0.25) is 14.5 Å². The van der Waals surface area contributed by atoms with E-state index < -0.39 is 0 Å². The molecular formula is C19H20ClN3O2. The molecule has 0 unspecified atom stereocenters. The fraction of sp³-hybridized carbons (Fsp3) is 0.263. The Balaban J connectivity index is 2.04. The third kappa shape index (κ3) is 3.67. The smallest absolute Gasteiger partial charge is 0.257 e. The van der Waals surface area contributed by atoms with Gasteiger partial charge in [-0.25, -0.2) is 0 Å². The Labute approximate surface area is 152 Å². The monoisotopic (exact) mass is 357 g/mol. The van der Waals surface area contributed by atoms with Gasteiger partial charge in [-0.2, -0.15) is 0 Å². The van der Waals surface area contributed by atoms with Gasteiger partial charge < -0.3 is 10.2 Å². The molecule has 1 aliphatic heterocycles. The van der Waals surface area contributed by atoms with Gasteiger partial charge in [0.05, 0.1) is 22.6 Å². The first-order valence-corrected chi connectivity index (χ1v) is 8.53. The van der Waals surface area contributed by atoms with Crippen molar-refractivity contribution in [1.82, 2.24) is 4.90 Å². The van der Waals surface area contributed by atoms with Gasteiger partial charge in [0.2, 0.25) is 5.91 Å². The highest BCUT2D eigenvalue weighted by molar-refractivity contribution is 6.31. The molecule has 3 rings (SSSR count). The second kappa shape index (κ2) is 7.25. The predicted octanol–water partition coefficient (Wildman–Crippen LogP) is 3.91. The summed E-state index contributed by atoms with van der Waals surface area (Å²) in [7, 11) is 3.96. The zero-order valence-electron chi connectivity index (χ0n) is 14.3. The summed E-state index contributed by atoms with van der Waals surface area (Å²) >= 11 is 6.07. The molecule has 0 fully saturated rings. The minimum absolute atomic E-state index is 0.0469. The lowest BCUT2D eigenvalue weighted by Crippen LogP contribution is -2.27. The van der Waals surface area contributed by atoms with Crippen LogP contribution in [-0.2, 0) is 4.79 Å². The van der Waals surface area contributed by atoms with Gasteiger partial charge >= 0.3 is 0 Å². The number of amides is 2. The van der Waals surface area contributed by atoms with Crippen LogP contribution in [0.1, 0.15) is 23.2 Å². The van der Waals surface area contributed by atoms with Crippen molar-refractivity contribution < 1.29 is 9.59 Å². The molecule has 25 heavy (non-hydrogen) atoms. The lowest BCUT2D eigenvalue weighted by Gasteiger charge is -2.24. The van der Waals surface area contributed by atoms with E-state index in [4.69, 9.17) is 11.6 Å². The largest absolute Gasteiger partial charge is 0.320 e. The zero-order valence-corrected chi connectivity index (χ0v) is 15.0. The number of halogens is 1. The Kier molecular flexibility index (Phi) is 5.06. The van der Waals surface area contributed by atoms with Crippen molar-refractivity contribution in [3.63, 3.8) is 0 Å². The van der Waals surface area contributed by atoms with Crippen LogP contribution in [0.3, 0.4) is 0 Å². The summed E-state index contributed by atoms with van der Waals surface area (Å²) in [6.07, 6.45) is 1.14. The Morgan fingerprint density at radius 3 is 2.68 bits per heavy atom. The maximum absolute atomic E-state index is 13.0. The van der Waals surface area contributed by atoms with Crippen LogP contribution in [0, 0.1) is 0 Å². The number of hydrogen-bond donors (Lipinski definition) is 1. The lowest BCUT2D eigenvalue weighted by molar-refractivity contribution is -0.118. The molecular weight excluding hydrogens is 338 g/mol. The van der Waals surface area contributed by atoms with Gasteiger partial charge in [0.15, 0.2) is 0 Å². The lowest BCUT2D eigenvalue weighted by atomic mass is 10.1. The summed E-state index contributed by atoms with van der Waals surface area (Å²) < 4.78 is 0. The molecule has 6 heteroatoms. The Morgan fingerprint density at radius 2 is 1.92 bits per heavy atom. The summed E-state index contributed by atoms with van der Waals surface area (Å²) in [5.74, 6) is -0.294. The first-order chi connectivity index (χ1) is 12.0. The van der Waals surface area contributed by atoms with Crippen LogP contribution in [-0.4, -0.2) is 37.4 Å². The molecule has 0 spiro atoms. The quantitative estimate of drug-likeness (QED) is 0.902. The molecule has 0 radical (unpaired) electrons. The van der Waals surface area contributed by atoms with Gasteiger partial charge in [-0.15, -0.1) is 0 Å².